The van der Waals surface area contributed by atoms with Gasteiger partial charge < -0.3 is 10.1 Å². The number of benzene rings is 1. The van der Waals surface area contributed by atoms with E-state index in [1.807, 2.05) is 6.07 Å². The number of pyridine rings is 1. The van der Waals surface area contributed by atoms with Gasteiger partial charge in [0.25, 0.3) is 0 Å². The lowest BCUT2D eigenvalue weighted by atomic mass is 10.1. The Balaban J connectivity index is 2.30. The third-order valence-corrected chi connectivity index (χ3v) is 3.62. The summed E-state index contributed by atoms with van der Waals surface area (Å²) in [5.41, 5.74) is 4.61. The van der Waals surface area contributed by atoms with Crippen molar-refractivity contribution in [1.29, 1.82) is 0 Å². The number of aryl methyl sites for hydroxylation is 2. The maximum atomic E-state index is 6.13. The second-order valence-electron chi connectivity index (χ2n) is 5.76. The number of hydrogen-bond acceptors (Lipinski definition) is 3. The van der Waals surface area contributed by atoms with Crippen LogP contribution in [0.2, 0.25) is 0 Å². The average Bonchev–Trinajstić information content (AvgIpc) is 2.46. The van der Waals surface area contributed by atoms with Crippen molar-refractivity contribution in [2.24, 2.45) is 0 Å². The largest absolute Gasteiger partial charge is 0.438 e. The second-order valence-corrected chi connectivity index (χ2v) is 5.76. The molecule has 0 amide bonds. The zero-order chi connectivity index (χ0) is 15.4. The Hall–Kier alpha value is -1.87. The van der Waals surface area contributed by atoms with Crippen LogP contribution in [0.1, 0.15) is 36.1 Å². The Morgan fingerprint density at radius 2 is 1.81 bits per heavy atom. The van der Waals surface area contributed by atoms with Crippen molar-refractivity contribution in [3.8, 4) is 11.6 Å². The molecular weight excluding hydrogens is 260 g/mol. The van der Waals surface area contributed by atoms with Gasteiger partial charge in [0.05, 0.1) is 0 Å². The zero-order valence-corrected chi connectivity index (χ0v) is 13.5. The minimum atomic E-state index is 0.431. The molecule has 1 heterocycles. The molecule has 0 unspecified atom stereocenters. The van der Waals surface area contributed by atoms with E-state index in [2.05, 4.69) is 63.1 Å². The summed E-state index contributed by atoms with van der Waals surface area (Å²) in [5, 5.41) is 3.41. The molecule has 1 aromatic heterocycles. The van der Waals surface area contributed by atoms with E-state index in [4.69, 9.17) is 4.74 Å². The molecule has 0 saturated carbocycles. The van der Waals surface area contributed by atoms with Crippen LogP contribution in [0.5, 0.6) is 11.6 Å². The van der Waals surface area contributed by atoms with Crippen LogP contribution in [0, 0.1) is 20.8 Å². The van der Waals surface area contributed by atoms with E-state index < -0.39 is 0 Å². The number of rotatable bonds is 5. The highest BCUT2D eigenvalue weighted by atomic mass is 16.5. The number of hydrogen-bond donors (Lipinski definition) is 1. The molecular formula is C18H24N2O. The molecule has 0 aliphatic heterocycles. The minimum Gasteiger partial charge on any atom is -0.438 e. The summed E-state index contributed by atoms with van der Waals surface area (Å²) in [5.74, 6) is 1.60. The third kappa shape index (κ3) is 3.82. The molecule has 0 saturated heterocycles. The van der Waals surface area contributed by atoms with Gasteiger partial charge in [-0.05, 0) is 43.5 Å². The number of nitrogens with zero attached hydrogens (tertiary/aromatic N) is 1. The first kappa shape index (κ1) is 15.5. The van der Waals surface area contributed by atoms with Gasteiger partial charge in [0.15, 0.2) is 0 Å². The lowest BCUT2D eigenvalue weighted by Gasteiger charge is -2.16. The van der Waals surface area contributed by atoms with Gasteiger partial charge in [-0.25, -0.2) is 4.98 Å². The summed E-state index contributed by atoms with van der Waals surface area (Å²) in [4.78, 5) is 4.40. The molecule has 2 rings (SSSR count). The van der Waals surface area contributed by atoms with Crippen molar-refractivity contribution >= 4 is 0 Å². The molecule has 0 atom stereocenters. The fourth-order valence-electron chi connectivity index (χ4n) is 2.14. The molecule has 2 aromatic rings. The van der Waals surface area contributed by atoms with Crippen molar-refractivity contribution in [2.75, 3.05) is 0 Å². The van der Waals surface area contributed by atoms with Crippen molar-refractivity contribution in [3.63, 3.8) is 0 Å². The summed E-state index contributed by atoms with van der Waals surface area (Å²) >= 11 is 0. The molecule has 3 nitrogen and oxygen atoms in total. The van der Waals surface area contributed by atoms with Gasteiger partial charge in [0, 0.05) is 24.3 Å². The molecule has 0 spiro atoms. The first-order valence-electron chi connectivity index (χ1n) is 7.41. The van der Waals surface area contributed by atoms with E-state index in [1.54, 1.807) is 6.20 Å². The summed E-state index contributed by atoms with van der Waals surface area (Å²) < 4.78 is 6.13. The van der Waals surface area contributed by atoms with Crippen molar-refractivity contribution in [1.82, 2.24) is 10.3 Å². The van der Waals surface area contributed by atoms with Gasteiger partial charge in [0.2, 0.25) is 5.88 Å². The van der Waals surface area contributed by atoms with Crippen LogP contribution < -0.4 is 10.1 Å². The topological polar surface area (TPSA) is 34.1 Å². The Morgan fingerprint density at radius 1 is 1.10 bits per heavy atom. The quantitative estimate of drug-likeness (QED) is 0.889. The highest BCUT2D eigenvalue weighted by Gasteiger charge is 2.11. The summed E-state index contributed by atoms with van der Waals surface area (Å²) in [7, 11) is 0. The fourth-order valence-corrected chi connectivity index (χ4v) is 2.14. The van der Waals surface area contributed by atoms with E-state index in [0.717, 1.165) is 23.4 Å². The number of ether oxygens (including phenoxy) is 1. The van der Waals surface area contributed by atoms with Crippen molar-refractivity contribution in [3.05, 3.63) is 52.7 Å². The van der Waals surface area contributed by atoms with Crippen LogP contribution in [0.4, 0.5) is 0 Å². The molecule has 0 radical (unpaired) electrons. The van der Waals surface area contributed by atoms with E-state index in [0.29, 0.717) is 11.9 Å². The summed E-state index contributed by atoms with van der Waals surface area (Å²) in [6.07, 6.45) is 1.77. The highest BCUT2D eigenvalue weighted by Crippen LogP contribution is 2.31. The maximum absolute atomic E-state index is 6.13. The zero-order valence-electron chi connectivity index (χ0n) is 13.5. The van der Waals surface area contributed by atoms with Gasteiger partial charge in [-0.15, -0.1) is 0 Å². The lowest BCUT2D eigenvalue weighted by Crippen LogP contribution is -2.22. The summed E-state index contributed by atoms with van der Waals surface area (Å²) in [6.45, 7) is 11.3. The smallest absolute Gasteiger partial charge is 0.223 e. The minimum absolute atomic E-state index is 0.431. The van der Waals surface area contributed by atoms with Crippen LogP contribution in [-0.4, -0.2) is 11.0 Å². The van der Waals surface area contributed by atoms with Crippen LogP contribution in [0.3, 0.4) is 0 Å². The van der Waals surface area contributed by atoms with E-state index in [1.165, 1.54) is 11.1 Å². The molecule has 1 N–H and O–H groups in total. The van der Waals surface area contributed by atoms with E-state index in [-0.39, 0.29) is 0 Å². The second kappa shape index (κ2) is 6.72. The standard InChI is InChI=1S/C18H24N2O/c1-12(2)20-11-16-7-6-10-19-18(16)21-17-14(4)9-8-13(3)15(17)5/h6-10,12,20H,11H2,1-5H3. The van der Waals surface area contributed by atoms with E-state index >= 15 is 0 Å². The van der Waals surface area contributed by atoms with Gasteiger partial charge in [-0.2, -0.15) is 0 Å². The van der Waals surface area contributed by atoms with Crippen molar-refractivity contribution in [2.45, 2.75) is 47.2 Å². The number of nitrogens with one attached hydrogen (secondary N) is 1. The number of aromatic nitrogens is 1. The fraction of sp³-hybridized carbons (Fsp3) is 0.389. The third-order valence-electron chi connectivity index (χ3n) is 3.62. The molecule has 21 heavy (non-hydrogen) atoms. The molecule has 0 fully saturated rings. The molecule has 3 heteroatoms. The van der Waals surface area contributed by atoms with Gasteiger partial charge >= 0.3 is 0 Å². The monoisotopic (exact) mass is 284 g/mol. The first-order chi connectivity index (χ1) is 9.99. The lowest BCUT2D eigenvalue weighted by molar-refractivity contribution is 0.443. The Kier molecular flexibility index (Phi) is 4.97. The Bertz CT molecular complexity index is 621. The van der Waals surface area contributed by atoms with Crippen molar-refractivity contribution < 1.29 is 4.74 Å². The predicted octanol–water partition coefficient (Wildman–Crippen LogP) is 4.30. The van der Waals surface area contributed by atoms with Crippen LogP contribution in [0.25, 0.3) is 0 Å². The normalized spacial score (nSPS) is 11.0. The SMILES string of the molecule is Cc1ccc(C)c(Oc2ncccc2CNC(C)C)c1C. The van der Waals surface area contributed by atoms with Gasteiger partial charge in [-0.3, -0.25) is 0 Å². The highest BCUT2D eigenvalue weighted by molar-refractivity contribution is 5.47. The molecule has 0 aliphatic rings. The van der Waals surface area contributed by atoms with Gasteiger partial charge in [-0.1, -0.05) is 32.0 Å². The molecule has 0 aliphatic carbocycles. The van der Waals surface area contributed by atoms with E-state index in [9.17, 15) is 0 Å². The molecule has 1 aromatic carbocycles. The Morgan fingerprint density at radius 3 is 2.52 bits per heavy atom. The molecule has 112 valence electrons. The molecule has 0 bridgehead atoms. The average molecular weight is 284 g/mol. The van der Waals surface area contributed by atoms with Crippen LogP contribution in [-0.2, 0) is 6.54 Å². The van der Waals surface area contributed by atoms with Crippen LogP contribution >= 0.6 is 0 Å². The maximum Gasteiger partial charge on any atom is 0.223 e. The first-order valence-corrected chi connectivity index (χ1v) is 7.41. The van der Waals surface area contributed by atoms with Gasteiger partial charge in [0.1, 0.15) is 5.75 Å². The Labute approximate surface area is 127 Å². The predicted molar refractivity (Wildman–Crippen MR) is 86.9 cm³/mol. The summed E-state index contributed by atoms with van der Waals surface area (Å²) in [6, 6.07) is 8.64. The van der Waals surface area contributed by atoms with Crippen LogP contribution in [0.15, 0.2) is 30.5 Å².